The van der Waals surface area contributed by atoms with Crippen molar-refractivity contribution in [1.29, 1.82) is 0 Å². The van der Waals surface area contributed by atoms with Crippen LogP contribution in [0.2, 0.25) is 0 Å². The number of aromatic nitrogens is 3. The van der Waals surface area contributed by atoms with E-state index >= 15 is 0 Å². The van der Waals surface area contributed by atoms with Gasteiger partial charge in [0.25, 0.3) is 5.56 Å². The van der Waals surface area contributed by atoms with Crippen LogP contribution < -0.4 is 15.3 Å². The van der Waals surface area contributed by atoms with Crippen molar-refractivity contribution in [3.63, 3.8) is 0 Å². The molecular formula is C15H16N4O2S. The monoisotopic (exact) mass is 316 g/mol. The van der Waals surface area contributed by atoms with Gasteiger partial charge in [0.2, 0.25) is 0 Å². The summed E-state index contributed by atoms with van der Waals surface area (Å²) < 4.78 is 7.68. The molecule has 3 aromatic heterocycles. The summed E-state index contributed by atoms with van der Waals surface area (Å²) in [5.41, 5.74) is 0.667. The van der Waals surface area contributed by atoms with Crippen molar-refractivity contribution in [1.82, 2.24) is 14.6 Å². The summed E-state index contributed by atoms with van der Waals surface area (Å²) in [5.74, 6) is 0.707. The standard InChI is InChI=1S/C15H16N4O2S/c1-21-10-5-6-16-14-11(10)12-13(22-14)15(20)19(9-17-12)18-7-3-2-4-8-18/h5-6,9H,2-4,7-8H2,1H3. The van der Waals surface area contributed by atoms with Gasteiger partial charge in [-0.05, 0) is 25.3 Å². The number of thiophene rings is 1. The maximum absolute atomic E-state index is 12.8. The predicted molar refractivity (Wildman–Crippen MR) is 87.5 cm³/mol. The first-order valence-electron chi connectivity index (χ1n) is 7.37. The Morgan fingerprint density at radius 3 is 2.82 bits per heavy atom. The molecule has 7 heteroatoms. The van der Waals surface area contributed by atoms with Crippen molar-refractivity contribution in [2.75, 3.05) is 25.2 Å². The highest BCUT2D eigenvalue weighted by Crippen LogP contribution is 2.34. The molecule has 1 saturated heterocycles. The van der Waals surface area contributed by atoms with Crippen LogP contribution in [0.15, 0.2) is 23.4 Å². The molecule has 6 nitrogen and oxygen atoms in total. The molecule has 0 unspecified atom stereocenters. The molecule has 22 heavy (non-hydrogen) atoms. The highest BCUT2D eigenvalue weighted by atomic mass is 32.1. The molecule has 0 N–H and O–H groups in total. The fourth-order valence-corrected chi connectivity index (χ4v) is 4.02. The number of rotatable bonds is 2. The smallest absolute Gasteiger partial charge is 0.290 e. The van der Waals surface area contributed by atoms with Crippen molar-refractivity contribution in [2.45, 2.75) is 19.3 Å². The van der Waals surface area contributed by atoms with E-state index < -0.39 is 0 Å². The summed E-state index contributed by atoms with van der Waals surface area (Å²) in [7, 11) is 1.62. The second-order valence-corrected chi connectivity index (χ2v) is 6.38. The highest BCUT2D eigenvalue weighted by Gasteiger charge is 2.18. The molecule has 1 aliphatic heterocycles. The molecule has 1 fully saturated rings. The zero-order chi connectivity index (χ0) is 15.1. The van der Waals surface area contributed by atoms with Crippen molar-refractivity contribution in [3.8, 4) is 5.75 Å². The molecule has 1 aliphatic rings. The van der Waals surface area contributed by atoms with Gasteiger partial charge in [-0.25, -0.2) is 14.6 Å². The van der Waals surface area contributed by atoms with Gasteiger partial charge in [0.1, 0.15) is 27.1 Å². The van der Waals surface area contributed by atoms with Crippen molar-refractivity contribution < 1.29 is 4.74 Å². The van der Waals surface area contributed by atoms with Gasteiger partial charge in [-0.15, -0.1) is 11.3 Å². The Balaban J connectivity index is 1.96. The van der Waals surface area contributed by atoms with Crippen LogP contribution in [-0.4, -0.2) is 34.8 Å². The van der Waals surface area contributed by atoms with E-state index in [1.165, 1.54) is 17.8 Å². The largest absolute Gasteiger partial charge is 0.496 e. The van der Waals surface area contributed by atoms with Crippen molar-refractivity contribution in [3.05, 3.63) is 28.9 Å². The molecule has 0 aliphatic carbocycles. The molecule has 0 saturated carbocycles. The molecular weight excluding hydrogens is 300 g/mol. The average molecular weight is 316 g/mol. The summed E-state index contributed by atoms with van der Waals surface area (Å²) in [6, 6.07) is 1.80. The lowest BCUT2D eigenvalue weighted by atomic mass is 10.2. The van der Waals surface area contributed by atoms with E-state index in [1.54, 1.807) is 30.4 Å². The van der Waals surface area contributed by atoms with Crippen LogP contribution in [0, 0.1) is 0 Å². The number of piperidine rings is 1. The molecule has 4 heterocycles. The molecule has 0 atom stereocenters. The third-order valence-corrected chi connectivity index (χ3v) is 5.16. The Morgan fingerprint density at radius 1 is 1.23 bits per heavy atom. The maximum Gasteiger partial charge on any atom is 0.290 e. The van der Waals surface area contributed by atoms with E-state index in [1.807, 2.05) is 0 Å². The fourth-order valence-electron chi connectivity index (χ4n) is 2.98. The number of methoxy groups -OCH3 is 1. The zero-order valence-electron chi connectivity index (χ0n) is 12.3. The minimum atomic E-state index is -0.0167. The van der Waals surface area contributed by atoms with Crippen molar-refractivity contribution >= 4 is 31.8 Å². The van der Waals surface area contributed by atoms with Crippen LogP contribution in [0.3, 0.4) is 0 Å². The van der Waals surface area contributed by atoms with Crippen LogP contribution in [0.1, 0.15) is 19.3 Å². The molecule has 0 spiro atoms. The molecule has 0 bridgehead atoms. The molecule has 0 amide bonds. The maximum atomic E-state index is 12.8. The number of nitrogens with zero attached hydrogens (tertiary/aromatic N) is 4. The summed E-state index contributed by atoms with van der Waals surface area (Å²) in [6.07, 6.45) is 6.79. The summed E-state index contributed by atoms with van der Waals surface area (Å²) in [6.45, 7) is 1.80. The first-order chi connectivity index (χ1) is 10.8. The lowest BCUT2D eigenvalue weighted by molar-refractivity contribution is 0.420. The van der Waals surface area contributed by atoms with E-state index in [9.17, 15) is 4.79 Å². The van der Waals surface area contributed by atoms with Crippen LogP contribution >= 0.6 is 11.3 Å². The van der Waals surface area contributed by atoms with Crippen molar-refractivity contribution in [2.24, 2.45) is 0 Å². The first-order valence-corrected chi connectivity index (χ1v) is 8.19. The molecule has 114 valence electrons. The lowest BCUT2D eigenvalue weighted by Gasteiger charge is -2.29. The Bertz CT molecular complexity index is 896. The molecule has 0 aromatic carbocycles. The summed E-state index contributed by atoms with van der Waals surface area (Å²) in [4.78, 5) is 22.5. The second-order valence-electron chi connectivity index (χ2n) is 5.38. The minimum absolute atomic E-state index is 0.0167. The Kier molecular flexibility index (Phi) is 3.22. The lowest BCUT2D eigenvalue weighted by Crippen LogP contribution is -2.45. The van der Waals surface area contributed by atoms with Gasteiger partial charge in [-0.3, -0.25) is 4.79 Å². The number of pyridine rings is 1. The Hall–Kier alpha value is -2.15. The number of hydrogen-bond acceptors (Lipinski definition) is 6. The zero-order valence-corrected chi connectivity index (χ0v) is 13.1. The van der Waals surface area contributed by atoms with Gasteiger partial charge in [-0.2, -0.15) is 0 Å². The Morgan fingerprint density at radius 2 is 2.05 bits per heavy atom. The normalized spacial score (nSPS) is 15.6. The first kappa shape index (κ1) is 13.5. The van der Waals surface area contributed by atoms with E-state index in [2.05, 4.69) is 15.0 Å². The highest BCUT2D eigenvalue weighted by molar-refractivity contribution is 7.25. The summed E-state index contributed by atoms with van der Waals surface area (Å²) in [5, 5.41) is 2.90. The topological polar surface area (TPSA) is 60.2 Å². The molecule has 4 rings (SSSR count). The van der Waals surface area contributed by atoms with Gasteiger partial charge >= 0.3 is 0 Å². The van der Waals surface area contributed by atoms with Crippen LogP contribution in [0.5, 0.6) is 5.75 Å². The second kappa shape index (κ2) is 5.24. The third kappa shape index (κ3) is 1.96. The molecule has 0 radical (unpaired) electrons. The third-order valence-electron chi connectivity index (χ3n) is 4.08. The van der Waals surface area contributed by atoms with Crippen LogP contribution in [0.25, 0.3) is 20.4 Å². The number of hydrogen-bond donors (Lipinski definition) is 0. The number of ether oxygens (including phenoxy) is 1. The minimum Gasteiger partial charge on any atom is -0.496 e. The quantitative estimate of drug-likeness (QED) is 0.725. The van der Waals surface area contributed by atoms with Gasteiger partial charge in [-0.1, -0.05) is 0 Å². The van der Waals surface area contributed by atoms with Gasteiger partial charge in [0.15, 0.2) is 0 Å². The Labute approximate surface area is 130 Å². The van der Waals surface area contributed by atoms with Crippen LogP contribution in [0.4, 0.5) is 0 Å². The summed E-state index contributed by atoms with van der Waals surface area (Å²) >= 11 is 1.38. The molecule has 3 aromatic rings. The van der Waals surface area contributed by atoms with Gasteiger partial charge in [0.05, 0.1) is 12.5 Å². The number of fused-ring (bicyclic) bond motifs is 3. The van der Waals surface area contributed by atoms with Gasteiger partial charge < -0.3 is 9.75 Å². The van der Waals surface area contributed by atoms with E-state index in [0.717, 1.165) is 36.1 Å². The SMILES string of the molecule is COc1ccnc2sc3c(=O)n(N4CCCCC4)cnc3c12. The van der Waals surface area contributed by atoms with E-state index in [-0.39, 0.29) is 5.56 Å². The predicted octanol–water partition coefficient (Wildman–Crippen LogP) is 2.14. The van der Waals surface area contributed by atoms with Gasteiger partial charge in [0, 0.05) is 19.3 Å². The van der Waals surface area contributed by atoms with E-state index in [0.29, 0.717) is 16.0 Å². The fraction of sp³-hybridized carbons (Fsp3) is 0.400. The van der Waals surface area contributed by atoms with E-state index in [4.69, 9.17) is 4.74 Å². The average Bonchev–Trinajstić information content (AvgIpc) is 2.96. The van der Waals surface area contributed by atoms with Crippen LogP contribution in [-0.2, 0) is 0 Å².